The van der Waals surface area contributed by atoms with Gasteiger partial charge in [0.05, 0.1) is 23.8 Å². The number of nitrogens with one attached hydrogen (secondary N) is 2. The number of piperazine rings is 1. The van der Waals surface area contributed by atoms with Crippen LogP contribution < -0.4 is 5.48 Å². The Morgan fingerprint density at radius 1 is 1.09 bits per heavy atom. The predicted molar refractivity (Wildman–Crippen MR) is 118 cm³/mol. The average molecular weight is 449 g/mol. The summed E-state index contributed by atoms with van der Waals surface area (Å²) in [4.78, 5) is 65.9. The van der Waals surface area contributed by atoms with Gasteiger partial charge in [-0.2, -0.15) is 0 Å². The highest BCUT2D eigenvalue weighted by molar-refractivity contribution is 6.44. The Morgan fingerprint density at radius 2 is 1.85 bits per heavy atom. The van der Waals surface area contributed by atoms with Crippen LogP contribution in [0.5, 0.6) is 0 Å². The van der Waals surface area contributed by atoms with E-state index in [1.165, 1.54) is 30.5 Å². The summed E-state index contributed by atoms with van der Waals surface area (Å²) in [5, 5.41) is 0. The molecule has 1 fully saturated rings. The fraction of sp³-hybridized carbons (Fsp3) is 0.261. The molecule has 0 bridgehead atoms. The first-order valence-corrected chi connectivity index (χ1v) is 10.4. The number of nitrogens with zero attached hydrogens (tertiary/aromatic N) is 3. The molecule has 0 saturated carbocycles. The molecule has 0 aliphatic carbocycles. The molecule has 2 N–H and O–H groups in total. The van der Waals surface area contributed by atoms with E-state index in [0.717, 1.165) is 0 Å². The third-order valence-electron chi connectivity index (χ3n) is 5.64. The molecule has 10 heteroatoms. The van der Waals surface area contributed by atoms with Crippen LogP contribution in [0.25, 0.3) is 11.0 Å². The van der Waals surface area contributed by atoms with Gasteiger partial charge < -0.3 is 14.8 Å². The van der Waals surface area contributed by atoms with E-state index in [1.54, 1.807) is 36.1 Å². The van der Waals surface area contributed by atoms with E-state index in [-0.39, 0.29) is 35.1 Å². The number of rotatable bonds is 5. The zero-order valence-electron chi connectivity index (χ0n) is 18.2. The summed E-state index contributed by atoms with van der Waals surface area (Å²) in [5.41, 5.74) is 3.67. The van der Waals surface area contributed by atoms with Gasteiger partial charge >= 0.3 is 0 Å². The molecule has 1 aliphatic heterocycles. The highest BCUT2D eigenvalue weighted by atomic mass is 16.6. The number of Topliss-reactive ketones (excluding diaryl/α,β-unsaturated/α-hetero) is 1. The topological polar surface area (TPSA) is 125 Å². The first kappa shape index (κ1) is 22.2. The first-order chi connectivity index (χ1) is 15.9. The molecule has 10 nitrogen and oxygen atoms in total. The second-order valence-electron chi connectivity index (χ2n) is 7.71. The molecule has 0 radical (unpaired) electrons. The zero-order valence-corrected chi connectivity index (χ0v) is 18.2. The van der Waals surface area contributed by atoms with E-state index in [9.17, 15) is 19.2 Å². The van der Waals surface area contributed by atoms with Crippen molar-refractivity contribution in [1.29, 1.82) is 0 Å². The summed E-state index contributed by atoms with van der Waals surface area (Å²) < 4.78 is 0. The Morgan fingerprint density at radius 3 is 2.55 bits per heavy atom. The van der Waals surface area contributed by atoms with Crippen LogP contribution in [0.15, 0.2) is 48.8 Å². The number of amides is 3. The molecule has 3 heterocycles. The lowest BCUT2D eigenvalue weighted by molar-refractivity contribution is -0.130. The van der Waals surface area contributed by atoms with E-state index in [2.05, 4.69) is 20.3 Å². The number of ketones is 1. The predicted octanol–water partition coefficient (Wildman–Crippen LogP) is 1.41. The minimum absolute atomic E-state index is 0.0806. The summed E-state index contributed by atoms with van der Waals surface area (Å²) in [5.74, 6) is -2.02. The number of aromatic nitrogens is 2. The standard InChI is InChI=1S/C23H23N5O5/c1-14-13-27(22(31)15-6-4-3-5-7-15)10-11-28(14)23(32)20(29)17-12-25-18-16(21(30)26-33-2)8-9-24-19(17)18/h3-9,12,14,25H,10-11,13H2,1-2H3,(H,26,30)/t14-/m1/s1. The Labute approximate surface area is 189 Å². The van der Waals surface area contributed by atoms with Gasteiger partial charge in [-0.15, -0.1) is 0 Å². The smallest absolute Gasteiger partial charge is 0.295 e. The van der Waals surface area contributed by atoms with Crippen molar-refractivity contribution in [2.75, 3.05) is 26.7 Å². The normalized spacial score (nSPS) is 16.0. The highest BCUT2D eigenvalue weighted by Gasteiger charge is 2.34. The molecule has 1 aromatic carbocycles. The number of hydrogen-bond donors (Lipinski definition) is 2. The van der Waals surface area contributed by atoms with Crippen molar-refractivity contribution in [3.8, 4) is 0 Å². The van der Waals surface area contributed by atoms with Gasteiger partial charge in [-0.25, -0.2) is 5.48 Å². The average Bonchev–Trinajstić information content (AvgIpc) is 3.27. The molecule has 4 rings (SSSR count). The molecule has 1 saturated heterocycles. The lowest BCUT2D eigenvalue weighted by Gasteiger charge is -2.39. The van der Waals surface area contributed by atoms with E-state index < -0.39 is 17.6 Å². The Bertz CT molecular complexity index is 1220. The summed E-state index contributed by atoms with van der Waals surface area (Å²) in [7, 11) is 1.31. The van der Waals surface area contributed by atoms with Gasteiger partial charge in [0.15, 0.2) is 0 Å². The third kappa shape index (κ3) is 4.20. The van der Waals surface area contributed by atoms with Crippen molar-refractivity contribution in [1.82, 2.24) is 25.2 Å². The maximum Gasteiger partial charge on any atom is 0.295 e. The number of H-pyrrole nitrogens is 1. The SMILES string of the molecule is CONC(=O)c1ccnc2c(C(=O)C(=O)N3CCN(C(=O)c4ccccc4)C[C@H]3C)c[nH]c12. The minimum Gasteiger partial charge on any atom is -0.358 e. The van der Waals surface area contributed by atoms with Crippen LogP contribution in [-0.4, -0.2) is 76.1 Å². The van der Waals surface area contributed by atoms with Gasteiger partial charge in [0.25, 0.3) is 23.5 Å². The fourth-order valence-corrected chi connectivity index (χ4v) is 3.99. The number of hydroxylamine groups is 1. The maximum atomic E-state index is 13.1. The van der Waals surface area contributed by atoms with Crippen LogP contribution in [0.3, 0.4) is 0 Å². The number of aromatic amines is 1. The molecule has 33 heavy (non-hydrogen) atoms. The molecule has 0 spiro atoms. The van der Waals surface area contributed by atoms with Crippen LogP contribution in [0.1, 0.15) is 38.0 Å². The zero-order chi connectivity index (χ0) is 23.5. The van der Waals surface area contributed by atoms with E-state index in [4.69, 9.17) is 0 Å². The second kappa shape index (κ2) is 9.21. The van der Waals surface area contributed by atoms with E-state index >= 15 is 0 Å². The lowest BCUT2D eigenvalue weighted by atomic mass is 10.1. The molecule has 1 aliphatic rings. The first-order valence-electron chi connectivity index (χ1n) is 10.4. The largest absolute Gasteiger partial charge is 0.358 e. The summed E-state index contributed by atoms with van der Waals surface area (Å²) >= 11 is 0. The van der Waals surface area contributed by atoms with Crippen LogP contribution in [0.2, 0.25) is 0 Å². The summed E-state index contributed by atoms with van der Waals surface area (Å²) in [6.07, 6.45) is 2.76. The Kier molecular flexibility index (Phi) is 6.18. The molecule has 2 aromatic heterocycles. The maximum absolute atomic E-state index is 13.1. The molecule has 1 atom stereocenters. The van der Waals surface area contributed by atoms with Gasteiger partial charge in [-0.3, -0.25) is 29.0 Å². The van der Waals surface area contributed by atoms with Crippen molar-refractivity contribution in [2.24, 2.45) is 0 Å². The van der Waals surface area contributed by atoms with Crippen LogP contribution >= 0.6 is 0 Å². The summed E-state index contributed by atoms with van der Waals surface area (Å²) in [6.45, 7) is 2.68. The fourth-order valence-electron chi connectivity index (χ4n) is 3.99. The third-order valence-corrected chi connectivity index (χ3v) is 5.64. The van der Waals surface area contributed by atoms with Gasteiger partial charge in [0.2, 0.25) is 0 Å². The van der Waals surface area contributed by atoms with Crippen LogP contribution in [0, 0.1) is 0 Å². The van der Waals surface area contributed by atoms with Crippen molar-refractivity contribution < 1.29 is 24.0 Å². The molecule has 3 aromatic rings. The van der Waals surface area contributed by atoms with Crippen LogP contribution in [0.4, 0.5) is 0 Å². The molecular formula is C23H23N5O5. The lowest BCUT2D eigenvalue weighted by Crippen LogP contribution is -2.56. The van der Waals surface area contributed by atoms with Gasteiger partial charge in [0.1, 0.15) is 5.52 Å². The number of carbonyl (C=O) groups excluding carboxylic acids is 4. The Hall–Kier alpha value is -4.05. The molecular weight excluding hydrogens is 426 g/mol. The van der Waals surface area contributed by atoms with Crippen molar-refractivity contribution in [3.05, 3.63) is 65.5 Å². The number of hydrogen-bond acceptors (Lipinski definition) is 6. The molecule has 3 amide bonds. The summed E-state index contributed by atoms with van der Waals surface area (Å²) in [6, 6.07) is 10.1. The number of benzene rings is 1. The number of carbonyl (C=O) groups is 4. The van der Waals surface area contributed by atoms with E-state index in [0.29, 0.717) is 24.2 Å². The molecule has 170 valence electrons. The van der Waals surface area contributed by atoms with Gasteiger partial charge in [0, 0.05) is 43.6 Å². The number of fused-ring (bicyclic) bond motifs is 1. The minimum atomic E-state index is -0.729. The second-order valence-corrected chi connectivity index (χ2v) is 7.71. The van der Waals surface area contributed by atoms with Crippen molar-refractivity contribution >= 4 is 34.5 Å². The van der Waals surface area contributed by atoms with E-state index in [1.807, 2.05) is 6.07 Å². The van der Waals surface area contributed by atoms with Gasteiger partial charge in [-0.05, 0) is 25.1 Å². The van der Waals surface area contributed by atoms with Gasteiger partial charge in [-0.1, -0.05) is 18.2 Å². The Balaban J connectivity index is 1.50. The highest BCUT2D eigenvalue weighted by Crippen LogP contribution is 2.22. The quantitative estimate of drug-likeness (QED) is 0.345. The van der Waals surface area contributed by atoms with Crippen molar-refractivity contribution in [3.63, 3.8) is 0 Å². The monoisotopic (exact) mass is 449 g/mol. The molecule has 0 unspecified atom stereocenters. The number of pyridine rings is 1. The van der Waals surface area contributed by atoms with Crippen molar-refractivity contribution in [2.45, 2.75) is 13.0 Å². The van der Waals surface area contributed by atoms with Crippen LogP contribution in [-0.2, 0) is 9.63 Å².